The zero-order valence-electron chi connectivity index (χ0n) is 10.8. The maximum Gasteiger partial charge on any atom is 0.126 e. The second kappa shape index (κ2) is 5.78. The number of hydrogen-bond acceptors (Lipinski definition) is 1. The number of nitrogens with one attached hydrogen (secondary N) is 1. The van der Waals surface area contributed by atoms with Crippen LogP contribution in [0.2, 0.25) is 0 Å². The van der Waals surface area contributed by atoms with Crippen molar-refractivity contribution in [2.75, 3.05) is 7.05 Å². The van der Waals surface area contributed by atoms with Gasteiger partial charge in [-0.1, -0.05) is 42.5 Å². The van der Waals surface area contributed by atoms with Crippen LogP contribution in [0.3, 0.4) is 0 Å². The highest BCUT2D eigenvalue weighted by Gasteiger charge is 2.13. The van der Waals surface area contributed by atoms with Crippen LogP contribution >= 0.6 is 0 Å². The Labute approximate surface area is 108 Å². The molecule has 0 radical (unpaired) electrons. The van der Waals surface area contributed by atoms with E-state index in [4.69, 9.17) is 0 Å². The quantitative estimate of drug-likeness (QED) is 0.864. The number of halogens is 1. The lowest BCUT2D eigenvalue weighted by Crippen LogP contribution is -2.20. The van der Waals surface area contributed by atoms with Gasteiger partial charge in [0.2, 0.25) is 0 Å². The predicted molar refractivity (Wildman–Crippen MR) is 73.1 cm³/mol. The highest BCUT2D eigenvalue weighted by molar-refractivity contribution is 5.31. The lowest BCUT2D eigenvalue weighted by Gasteiger charge is -2.19. The van der Waals surface area contributed by atoms with Gasteiger partial charge in [0.15, 0.2) is 0 Å². The van der Waals surface area contributed by atoms with Gasteiger partial charge in [-0.2, -0.15) is 0 Å². The molecule has 0 bridgehead atoms. The summed E-state index contributed by atoms with van der Waals surface area (Å²) >= 11 is 0. The van der Waals surface area contributed by atoms with Crippen molar-refractivity contribution in [1.29, 1.82) is 0 Å². The van der Waals surface area contributed by atoms with Gasteiger partial charge in [0.05, 0.1) is 0 Å². The number of benzene rings is 2. The molecule has 0 fully saturated rings. The van der Waals surface area contributed by atoms with E-state index in [9.17, 15) is 4.39 Å². The summed E-state index contributed by atoms with van der Waals surface area (Å²) in [5.74, 6) is -0.133. The molecule has 0 aliphatic rings. The summed E-state index contributed by atoms with van der Waals surface area (Å²) in [7, 11) is 1.91. The Kier molecular flexibility index (Phi) is 4.11. The SMILES string of the molecule is CNC(Cc1ccccc1F)c1ccccc1C. The lowest BCUT2D eigenvalue weighted by atomic mass is 9.95. The Morgan fingerprint density at radius 2 is 1.72 bits per heavy atom. The normalized spacial score (nSPS) is 12.4. The van der Waals surface area contributed by atoms with Crippen molar-refractivity contribution < 1.29 is 4.39 Å². The molecule has 0 aromatic heterocycles. The minimum absolute atomic E-state index is 0.133. The van der Waals surface area contributed by atoms with Crippen LogP contribution in [0, 0.1) is 12.7 Å². The molecular formula is C16H18FN. The minimum atomic E-state index is -0.133. The Morgan fingerprint density at radius 1 is 1.06 bits per heavy atom. The monoisotopic (exact) mass is 243 g/mol. The molecule has 0 amide bonds. The third kappa shape index (κ3) is 2.77. The molecule has 0 aliphatic heterocycles. The van der Waals surface area contributed by atoms with E-state index < -0.39 is 0 Å². The largest absolute Gasteiger partial charge is 0.313 e. The Hall–Kier alpha value is -1.67. The molecule has 2 rings (SSSR count). The maximum atomic E-state index is 13.7. The van der Waals surface area contributed by atoms with Gasteiger partial charge in [-0.15, -0.1) is 0 Å². The third-order valence-electron chi connectivity index (χ3n) is 3.29. The van der Waals surface area contributed by atoms with E-state index in [0.29, 0.717) is 6.42 Å². The third-order valence-corrected chi connectivity index (χ3v) is 3.29. The first kappa shape index (κ1) is 12.8. The molecule has 18 heavy (non-hydrogen) atoms. The first-order valence-electron chi connectivity index (χ1n) is 6.18. The predicted octanol–water partition coefficient (Wildman–Crippen LogP) is 3.64. The van der Waals surface area contributed by atoms with Gasteiger partial charge >= 0.3 is 0 Å². The van der Waals surface area contributed by atoms with E-state index in [1.807, 2.05) is 31.3 Å². The first-order valence-corrected chi connectivity index (χ1v) is 6.18. The van der Waals surface area contributed by atoms with Gasteiger partial charge in [0.25, 0.3) is 0 Å². The van der Waals surface area contributed by atoms with E-state index >= 15 is 0 Å². The molecule has 0 aliphatic carbocycles. The summed E-state index contributed by atoms with van der Waals surface area (Å²) in [6, 6.07) is 15.3. The van der Waals surface area contributed by atoms with Crippen LogP contribution in [-0.2, 0) is 6.42 Å². The maximum absolute atomic E-state index is 13.7. The standard InChI is InChI=1S/C16H18FN/c1-12-7-3-5-9-14(12)16(18-2)11-13-8-4-6-10-15(13)17/h3-10,16,18H,11H2,1-2H3. The van der Waals surface area contributed by atoms with E-state index in [0.717, 1.165) is 5.56 Å². The smallest absolute Gasteiger partial charge is 0.126 e. The molecule has 1 N–H and O–H groups in total. The molecule has 94 valence electrons. The first-order chi connectivity index (χ1) is 8.72. The Morgan fingerprint density at radius 3 is 2.39 bits per heavy atom. The Balaban J connectivity index is 2.26. The van der Waals surface area contributed by atoms with Crippen molar-refractivity contribution in [3.8, 4) is 0 Å². The number of rotatable bonds is 4. The Bertz CT molecular complexity index is 522. The van der Waals surface area contributed by atoms with Crippen LogP contribution < -0.4 is 5.32 Å². The van der Waals surface area contributed by atoms with Crippen molar-refractivity contribution in [3.05, 3.63) is 71.0 Å². The summed E-state index contributed by atoms with van der Waals surface area (Å²) in [5, 5.41) is 3.27. The van der Waals surface area contributed by atoms with Crippen molar-refractivity contribution in [2.24, 2.45) is 0 Å². The van der Waals surface area contributed by atoms with Gasteiger partial charge in [0.1, 0.15) is 5.82 Å². The second-order valence-corrected chi connectivity index (χ2v) is 4.49. The van der Waals surface area contributed by atoms with Gasteiger partial charge in [-0.05, 0) is 43.1 Å². The van der Waals surface area contributed by atoms with E-state index in [2.05, 4.69) is 24.4 Å². The van der Waals surface area contributed by atoms with Crippen LogP contribution in [-0.4, -0.2) is 7.05 Å². The van der Waals surface area contributed by atoms with Crippen molar-refractivity contribution in [2.45, 2.75) is 19.4 Å². The molecule has 2 aromatic rings. The van der Waals surface area contributed by atoms with Crippen molar-refractivity contribution in [1.82, 2.24) is 5.32 Å². The van der Waals surface area contributed by atoms with Crippen molar-refractivity contribution in [3.63, 3.8) is 0 Å². The number of likely N-dealkylation sites (N-methyl/N-ethyl adjacent to an activating group) is 1. The highest BCUT2D eigenvalue weighted by atomic mass is 19.1. The van der Waals surface area contributed by atoms with Crippen LogP contribution in [0.5, 0.6) is 0 Å². The van der Waals surface area contributed by atoms with Crippen LogP contribution in [0.1, 0.15) is 22.7 Å². The summed E-state index contributed by atoms with van der Waals surface area (Å²) in [5.41, 5.74) is 3.21. The highest BCUT2D eigenvalue weighted by Crippen LogP contribution is 2.22. The fraction of sp³-hybridized carbons (Fsp3) is 0.250. The molecule has 0 saturated heterocycles. The van der Waals surface area contributed by atoms with Gasteiger partial charge in [-0.3, -0.25) is 0 Å². The number of hydrogen-bond donors (Lipinski definition) is 1. The molecule has 2 aromatic carbocycles. The summed E-state index contributed by atoms with van der Waals surface area (Å²) in [6.07, 6.45) is 0.661. The van der Waals surface area contributed by atoms with E-state index in [1.54, 1.807) is 6.07 Å². The number of aryl methyl sites for hydroxylation is 1. The summed E-state index contributed by atoms with van der Waals surface area (Å²) in [6.45, 7) is 2.08. The minimum Gasteiger partial charge on any atom is -0.313 e. The molecular weight excluding hydrogens is 225 g/mol. The fourth-order valence-electron chi connectivity index (χ4n) is 2.23. The van der Waals surface area contributed by atoms with Gasteiger partial charge in [0, 0.05) is 6.04 Å². The summed E-state index contributed by atoms with van der Waals surface area (Å²) in [4.78, 5) is 0. The molecule has 0 spiro atoms. The fourth-order valence-corrected chi connectivity index (χ4v) is 2.23. The molecule has 1 nitrogen and oxygen atoms in total. The van der Waals surface area contributed by atoms with Crippen LogP contribution in [0.25, 0.3) is 0 Å². The molecule has 0 heterocycles. The average molecular weight is 243 g/mol. The zero-order valence-corrected chi connectivity index (χ0v) is 10.8. The summed E-state index contributed by atoms with van der Waals surface area (Å²) < 4.78 is 13.7. The molecule has 1 unspecified atom stereocenters. The molecule has 1 atom stereocenters. The molecule has 0 saturated carbocycles. The van der Waals surface area contributed by atoms with Crippen LogP contribution in [0.4, 0.5) is 4.39 Å². The zero-order chi connectivity index (χ0) is 13.0. The van der Waals surface area contributed by atoms with E-state index in [-0.39, 0.29) is 11.9 Å². The van der Waals surface area contributed by atoms with Crippen molar-refractivity contribution >= 4 is 0 Å². The van der Waals surface area contributed by atoms with E-state index in [1.165, 1.54) is 17.2 Å². The second-order valence-electron chi connectivity index (χ2n) is 4.49. The lowest BCUT2D eigenvalue weighted by molar-refractivity contribution is 0.552. The topological polar surface area (TPSA) is 12.0 Å². The van der Waals surface area contributed by atoms with Gasteiger partial charge < -0.3 is 5.32 Å². The molecule has 2 heteroatoms. The van der Waals surface area contributed by atoms with Crippen LogP contribution in [0.15, 0.2) is 48.5 Å². The van der Waals surface area contributed by atoms with Gasteiger partial charge in [-0.25, -0.2) is 4.39 Å². The average Bonchev–Trinajstić information content (AvgIpc) is 2.39.